The topological polar surface area (TPSA) is 69.0 Å². The van der Waals surface area contributed by atoms with Crippen LogP contribution < -0.4 is 10.1 Å². The lowest BCUT2D eigenvalue weighted by molar-refractivity contribution is 0.0925. The van der Waals surface area contributed by atoms with E-state index >= 15 is 0 Å². The summed E-state index contributed by atoms with van der Waals surface area (Å²) in [6.45, 7) is 2.55. The van der Waals surface area contributed by atoms with Gasteiger partial charge in [0.2, 0.25) is 0 Å². The normalized spacial score (nSPS) is 15.5. The van der Waals surface area contributed by atoms with Gasteiger partial charge in [0.05, 0.1) is 23.7 Å². The number of hydrogen-bond donors (Lipinski definition) is 1. The zero-order valence-electron chi connectivity index (χ0n) is 16.9. The number of imidazole rings is 1. The van der Waals surface area contributed by atoms with Crippen molar-refractivity contribution in [3.8, 4) is 17.1 Å². The van der Waals surface area contributed by atoms with Crippen molar-refractivity contribution in [1.82, 2.24) is 19.9 Å². The molecule has 0 bridgehead atoms. The van der Waals surface area contributed by atoms with Gasteiger partial charge in [-0.25, -0.2) is 4.98 Å². The van der Waals surface area contributed by atoms with E-state index in [9.17, 15) is 4.79 Å². The number of amides is 1. The number of aryl methyl sites for hydroxylation is 2. The maximum absolute atomic E-state index is 13.0. The fraction of sp³-hybridized carbons (Fsp3) is 0.208. The van der Waals surface area contributed by atoms with E-state index in [1.165, 1.54) is 0 Å². The second kappa shape index (κ2) is 7.30. The van der Waals surface area contributed by atoms with Crippen LogP contribution in [0.4, 0.5) is 0 Å². The quantitative estimate of drug-likeness (QED) is 0.562. The molecule has 4 aromatic rings. The first-order valence-electron chi connectivity index (χ1n) is 10.0. The van der Waals surface area contributed by atoms with Crippen LogP contribution in [0.1, 0.15) is 34.1 Å². The highest BCUT2D eigenvalue weighted by Gasteiger charge is 2.23. The Kier molecular flexibility index (Phi) is 4.47. The first kappa shape index (κ1) is 18.4. The van der Waals surface area contributed by atoms with Crippen LogP contribution in [0, 0.1) is 6.92 Å². The molecule has 1 aliphatic heterocycles. The van der Waals surface area contributed by atoms with Crippen molar-refractivity contribution in [2.24, 2.45) is 7.05 Å². The van der Waals surface area contributed by atoms with E-state index in [0.29, 0.717) is 12.2 Å². The summed E-state index contributed by atoms with van der Waals surface area (Å²) in [5.74, 6) is 1.56. The smallest absolute Gasteiger partial charge is 0.251 e. The first-order valence-corrected chi connectivity index (χ1v) is 10.0. The van der Waals surface area contributed by atoms with Gasteiger partial charge in [0.15, 0.2) is 0 Å². The second-order valence-corrected chi connectivity index (χ2v) is 7.59. The van der Waals surface area contributed by atoms with Crippen LogP contribution in [0.2, 0.25) is 0 Å². The van der Waals surface area contributed by atoms with E-state index in [2.05, 4.69) is 10.3 Å². The van der Waals surface area contributed by atoms with Crippen molar-refractivity contribution in [1.29, 1.82) is 0 Å². The molecule has 3 heterocycles. The summed E-state index contributed by atoms with van der Waals surface area (Å²) in [5, 5.41) is 3.15. The standard InChI is InChI=1S/C24H22N4O2/c1-15-7-8-17(14-25-15)23-26-20-13-16(9-10-21(20)28(23)2)24(29)27-19-11-12-30-22-6-4-3-5-18(19)22/h3-10,13-14,19H,11-12H2,1-2H3,(H,27,29)/t19-/m0/s1. The molecule has 6 heteroatoms. The third-order valence-corrected chi connectivity index (χ3v) is 5.58. The molecule has 0 unspecified atom stereocenters. The van der Waals surface area contributed by atoms with Gasteiger partial charge in [-0.15, -0.1) is 0 Å². The predicted molar refractivity (Wildman–Crippen MR) is 115 cm³/mol. The molecule has 2 aromatic carbocycles. The molecule has 0 saturated heterocycles. The molecule has 0 radical (unpaired) electrons. The highest BCUT2D eigenvalue weighted by atomic mass is 16.5. The SMILES string of the molecule is Cc1ccc(-c2nc3cc(C(=O)N[C@H]4CCOc5ccccc54)ccc3n2C)cn1. The molecule has 1 N–H and O–H groups in total. The molecule has 1 atom stereocenters. The summed E-state index contributed by atoms with van der Waals surface area (Å²) < 4.78 is 7.72. The Morgan fingerprint density at radius 1 is 1.17 bits per heavy atom. The lowest BCUT2D eigenvalue weighted by Gasteiger charge is -2.26. The van der Waals surface area contributed by atoms with Crippen LogP contribution in [0.15, 0.2) is 60.8 Å². The number of pyridine rings is 1. The van der Waals surface area contributed by atoms with Gasteiger partial charge in [0.1, 0.15) is 11.6 Å². The molecule has 30 heavy (non-hydrogen) atoms. The predicted octanol–water partition coefficient (Wildman–Crippen LogP) is 4.20. The largest absolute Gasteiger partial charge is 0.493 e. The van der Waals surface area contributed by atoms with Crippen LogP contribution in [-0.2, 0) is 7.05 Å². The Morgan fingerprint density at radius 2 is 2.03 bits per heavy atom. The number of nitrogens with one attached hydrogen (secondary N) is 1. The molecular formula is C24H22N4O2. The van der Waals surface area contributed by atoms with Gasteiger partial charge >= 0.3 is 0 Å². The molecule has 1 amide bonds. The summed E-state index contributed by atoms with van der Waals surface area (Å²) in [7, 11) is 1.98. The van der Waals surface area contributed by atoms with Crippen LogP contribution in [-0.4, -0.2) is 27.0 Å². The summed E-state index contributed by atoms with van der Waals surface area (Å²) >= 11 is 0. The minimum absolute atomic E-state index is 0.0592. The number of hydrogen-bond acceptors (Lipinski definition) is 4. The van der Waals surface area contributed by atoms with Crippen LogP contribution >= 0.6 is 0 Å². The van der Waals surface area contributed by atoms with Gasteiger partial charge in [-0.2, -0.15) is 0 Å². The molecule has 0 aliphatic carbocycles. The van der Waals surface area contributed by atoms with Gasteiger partial charge in [-0.1, -0.05) is 18.2 Å². The van der Waals surface area contributed by atoms with Gasteiger partial charge in [-0.3, -0.25) is 9.78 Å². The number of carbonyl (C=O) groups excluding carboxylic acids is 1. The Hall–Kier alpha value is -3.67. The average molecular weight is 398 g/mol. The molecule has 0 fully saturated rings. The van der Waals surface area contributed by atoms with E-state index in [4.69, 9.17) is 9.72 Å². The highest BCUT2D eigenvalue weighted by Crippen LogP contribution is 2.32. The second-order valence-electron chi connectivity index (χ2n) is 7.59. The number of nitrogens with zero attached hydrogens (tertiary/aromatic N) is 3. The zero-order valence-corrected chi connectivity index (χ0v) is 16.9. The summed E-state index contributed by atoms with van der Waals surface area (Å²) in [5.41, 5.74) is 5.28. The number of aromatic nitrogens is 3. The number of rotatable bonds is 3. The van der Waals surface area contributed by atoms with Crippen molar-refractivity contribution in [3.05, 3.63) is 77.6 Å². The molecule has 1 aliphatic rings. The van der Waals surface area contributed by atoms with Gasteiger partial charge in [-0.05, 0) is 43.3 Å². The van der Waals surface area contributed by atoms with Gasteiger partial charge in [0, 0.05) is 42.0 Å². The molecule has 6 nitrogen and oxygen atoms in total. The van der Waals surface area contributed by atoms with Crippen LogP contribution in [0.25, 0.3) is 22.4 Å². The third-order valence-electron chi connectivity index (χ3n) is 5.58. The van der Waals surface area contributed by atoms with E-state index in [1.807, 2.05) is 79.3 Å². The Morgan fingerprint density at radius 3 is 2.87 bits per heavy atom. The number of para-hydroxylation sites is 1. The van der Waals surface area contributed by atoms with E-state index in [-0.39, 0.29) is 11.9 Å². The number of ether oxygens (including phenoxy) is 1. The monoisotopic (exact) mass is 398 g/mol. The minimum atomic E-state index is -0.109. The van der Waals surface area contributed by atoms with Crippen LogP contribution in [0.5, 0.6) is 5.75 Å². The van der Waals surface area contributed by atoms with Crippen molar-refractivity contribution >= 4 is 16.9 Å². The van der Waals surface area contributed by atoms with Crippen LogP contribution in [0.3, 0.4) is 0 Å². The first-order chi connectivity index (χ1) is 14.6. The van der Waals surface area contributed by atoms with E-state index < -0.39 is 0 Å². The fourth-order valence-electron chi connectivity index (χ4n) is 3.93. The van der Waals surface area contributed by atoms with Gasteiger partial charge in [0.25, 0.3) is 5.91 Å². The van der Waals surface area contributed by atoms with Crippen molar-refractivity contribution in [2.45, 2.75) is 19.4 Å². The maximum Gasteiger partial charge on any atom is 0.251 e. The Bertz CT molecular complexity index is 1240. The third kappa shape index (κ3) is 3.20. The molecule has 0 spiro atoms. The molecule has 150 valence electrons. The highest BCUT2D eigenvalue weighted by molar-refractivity contribution is 5.98. The van der Waals surface area contributed by atoms with Crippen molar-refractivity contribution < 1.29 is 9.53 Å². The lowest BCUT2D eigenvalue weighted by Crippen LogP contribution is -2.32. The Labute approximate surface area is 174 Å². The number of fused-ring (bicyclic) bond motifs is 2. The summed E-state index contributed by atoms with van der Waals surface area (Å²) in [4.78, 5) is 22.1. The van der Waals surface area contributed by atoms with Crippen molar-refractivity contribution in [2.75, 3.05) is 6.61 Å². The van der Waals surface area contributed by atoms with Gasteiger partial charge < -0.3 is 14.6 Å². The molecule has 0 saturated carbocycles. The average Bonchev–Trinajstić information content (AvgIpc) is 3.10. The molecule has 2 aromatic heterocycles. The summed E-state index contributed by atoms with van der Waals surface area (Å²) in [6, 6.07) is 17.4. The molecular weight excluding hydrogens is 376 g/mol. The maximum atomic E-state index is 13.0. The van der Waals surface area contributed by atoms with E-state index in [1.54, 1.807) is 0 Å². The number of carbonyl (C=O) groups is 1. The van der Waals surface area contributed by atoms with Crippen molar-refractivity contribution in [3.63, 3.8) is 0 Å². The molecule has 5 rings (SSSR count). The Balaban J connectivity index is 1.44. The fourth-order valence-corrected chi connectivity index (χ4v) is 3.93. The lowest BCUT2D eigenvalue weighted by atomic mass is 10.00. The number of benzene rings is 2. The minimum Gasteiger partial charge on any atom is -0.493 e. The van der Waals surface area contributed by atoms with E-state index in [0.717, 1.165) is 45.8 Å². The zero-order chi connectivity index (χ0) is 20.7. The summed E-state index contributed by atoms with van der Waals surface area (Å²) in [6.07, 6.45) is 2.58.